The highest BCUT2D eigenvalue weighted by Gasteiger charge is 2.18. The molecule has 0 bridgehead atoms. The van der Waals surface area contributed by atoms with E-state index in [1.807, 2.05) is 31.2 Å². The Labute approximate surface area is 179 Å². The van der Waals surface area contributed by atoms with E-state index in [0.717, 1.165) is 36.5 Å². The van der Waals surface area contributed by atoms with Crippen LogP contribution in [-0.2, 0) is 16.8 Å². The maximum absolute atomic E-state index is 12.6. The Kier molecular flexibility index (Phi) is 7.38. The summed E-state index contributed by atoms with van der Waals surface area (Å²) in [6.07, 6.45) is 2.17. The molecule has 1 N–H and O–H groups in total. The van der Waals surface area contributed by atoms with E-state index in [2.05, 4.69) is 38.2 Å². The van der Waals surface area contributed by atoms with Crippen molar-refractivity contribution in [1.29, 1.82) is 0 Å². The normalized spacial score (nSPS) is 16.3. The van der Waals surface area contributed by atoms with Crippen molar-refractivity contribution in [2.24, 2.45) is 0 Å². The molecular formula is C25H33NO4. The summed E-state index contributed by atoms with van der Waals surface area (Å²) in [5, 5.41) is 2.97. The Bertz CT molecular complexity index is 833. The molecule has 0 aromatic heterocycles. The molecule has 0 aliphatic carbocycles. The van der Waals surface area contributed by atoms with Crippen LogP contribution in [0.1, 0.15) is 62.0 Å². The number of nitrogens with one attached hydrogen (secondary N) is 1. The first-order valence-corrected chi connectivity index (χ1v) is 10.8. The summed E-state index contributed by atoms with van der Waals surface area (Å²) in [4.78, 5) is 12.6. The van der Waals surface area contributed by atoms with Gasteiger partial charge in [-0.25, -0.2) is 0 Å². The molecule has 5 heteroatoms. The van der Waals surface area contributed by atoms with Crippen LogP contribution in [0.5, 0.6) is 11.5 Å². The summed E-state index contributed by atoms with van der Waals surface area (Å²) < 4.78 is 17.3. The maximum atomic E-state index is 12.6. The van der Waals surface area contributed by atoms with Crippen LogP contribution >= 0.6 is 0 Å². The summed E-state index contributed by atoms with van der Waals surface area (Å²) in [6.45, 7) is 10.7. The van der Waals surface area contributed by atoms with E-state index < -0.39 is 0 Å². The van der Waals surface area contributed by atoms with Crippen LogP contribution in [0.3, 0.4) is 0 Å². The lowest BCUT2D eigenvalue weighted by molar-refractivity contribution is 0.0857. The number of carbonyl (C=O) groups is 1. The number of ether oxygens (including phenoxy) is 3. The highest BCUT2D eigenvalue weighted by molar-refractivity contribution is 5.94. The van der Waals surface area contributed by atoms with Crippen LogP contribution < -0.4 is 14.8 Å². The summed E-state index contributed by atoms with van der Waals surface area (Å²) >= 11 is 0. The first kappa shape index (κ1) is 22.2. The van der Waals surface area contributed by atoms with Crippen LogP contribution in [0.2, 0.25) is 0 Å². The predicted molar refractivity (Wildman–Crippen MR) is 118 cm³/mol. The van der Waals surface area contributed by atoms with Gasteiger partial charge in [-0.1, -0.05) is 32.9 Å². The zero-order valence-electron chi connectivity index (χ0n) is 18.5. The second-order valence-electron chi connectivity index (χ2n) is 8.66. The number of carbonyl (C=O) groups excluding carboxylic acids is 1. The minimum Gasteiger partial charge on any atom is -0.493 e. The summed E-state index contributed by atoms with van der Waals surface area (Å²) in [6, 6.07) is 13.6. The van der Waals surface area contributed by atoms with Crippen LogP contribution in [-0.4, -0.2) is 31.8 Å². The average Bonchev–Trinajstić information content (AvgIpc) is 3.25. The zero-order valence-corrected chi connectivity index (χ0v) is 18.5. The molecule has 1 fully saturated rings. The Morgan fingerprint density at radius 1 is 1.13 bits per heavy atom. The van der Waals surface area contributed by atoms with E-state index in [0.29, 0.717) is 25.3 Å². The van der Waals surface area contributed by atoms with Crippen molar-refractivity contribution in [3.05, 3.63) is 59.2 Å². The Balaban J connectivity index is 1.67. The average molecular weight is 412 g/mol. The zero-order chi connectivity index (χ0) is 21.6. The third-order valence-corrected chi connectivity index (χ3v) is 5.25. The molecule has 1 saturated heterocycles. The van der Waals surface area contributed by atoms with Crippen molar-refractivity contribution in [1.82, 2.24) is 5.32 Å². The smallest absolute Gasteiger partial charge is 0.251 e. The summed E-state index contributed by atoms with van der Waals surface area (Å²) in [7, 11) is 0. The predicted octanol–water partition coefficient (Wildman–Crippen LogP) is 4.87. The minimum absolute atomic E-state index is 0.103. The van der Waals surface area contributed by atoms with Crippen molar-refractivity contribution in [3.8, 4) is 11.5 Å². The van der Waals surface area contributed by atoms with E-state index in [1.165, 1.54) is 5.56 Å². The van der Waals surface area contributed by atoms with Crippen LogP contribution in [0.4, 0.5) is 0 Å². The Morgan fingerprint density at radius 2 is 1.90 bits per heavy atom. The number of amides is 1. The third-order valence-electron chi connectivity index (χ3n) is 5.25. The van der Waals surface area contributed by atoms with Crippen LogP contribution in [0.15, 0.2) is 42.5 Å². The molecule has 1 unspecified atom stereocenters. The van der Waals surface area contributed by atoms with Gasteiger partial charge in [-0.3, -0.25) is 4.79 Å². The van der Waals surface area contributed by atoms with Gasteiger partial charge in [0.15, 0.2) is 0 Å². The van der Waals surface area contributed by atoms with Gasteiger partial charge in [0, 0.05) is 24.3 Å². The van der Waals surface area contributed by atoms with Gasteiger partial charge in [-0.15, -0.1) is 0 Å². The van der Waals surface area contributed by atoms with Crippen LogP contribution in [0, 0.1) is 0 Å². The molecule has 1 atom stereocenters. The molecule has 162 valence electrons. The Morgan fingerprint density at radius 3 is 2.53 bits per heavy atom. The van der Waals surface area contributed by atoms with Gasteiger partial charge < -0.3 is 19.5 Å². The molecule has 30 heavy (non-hydrogen) atoms. The molecule has 2 aromatic carbocycles. The summed E-state index contributed by atoms with van der Waals surface area (Å²) in [5.41, 5.74) is 2.81. The molecule has 1 aliphatic rings. The monoisotopic (exact) mass is 411 g/mol. The van der Waals surface area contributed by atoms with E-state index in [1.54, 1.807) is 6.07 Å². The van der Waals surface area contributed by atoms with Gasteiger partial charge in [-0.05, 0) is 61.1 Å². The van der Waals surface area contributed by atoms with Crippen LogP contribution in [0.25, 0.3) is 0 Å². The molecule has 1 heterocycles. The van der Waals surface area contributed by atoms with Gasteiger partial charge in [0.25, 0.3) is 5.91 Å². The lowest BCUT2D eigenvalue weighted by atomic mass is 9.87. The minimum atomic E-state index is -0.107. The molecule has 2 aromatic rings. The van der Waals surface area contributed by atoms with Gasteiger partial charge in [0.2, 0.25) is 0 Å². The molecule has 0 saturated carbocycles. The highest BCUT2D eigenvalue weighted by Crippen LogP contribution is 2.26. The van der Waals surface area contributed by atoms with Gasteiger partial charge in [0.05, 0.1) is 12.7 Å². The molecule has 5 nitrogen and oxygen atoms in total. The molecule has 0 radical (unpaired) electrons. The van der Waals surface area contributed by atoms with Crippen molar-refractivity contribution < 1.29 is 19.0 Å². The van der Waals surface area contributed by atoms with E-state index in [-0.39, 0.29) is 17.4 Å². The highest BCUT2D eigenvalue weighted by atomic mass is 16.5. The molecule has 1 amide bonds. The molecular weight excluding hydrogens is 378 g/mol. The fourth-order valence-electron chi connectivity index (χ4n) is 3.46. The Hall–Kier alpha value is -2.53. The van der Waals surface area contributed by atoms with Crippen molar-refractivity contribution in [2.45, 2.75) is 58.7 Å². The van der Waals surface area contributed by atoms with E-state index >= 15 is 0 Å². The topological polar surface area (TPSA) is 56.8 Å². The number of hydrogen-bond donors (Lipinski definition) is 1. The SMILES string of the molecule is CCOc1ccc(C(=O)NCC2CCCO2)cc1COc1ccc(C(C)(C)C)cc1. The third kappa shape index (κ3) is 5.99. The molecule has 3 rings (SSSR count). The first-order chi connectivity index (χ1) is 14.4. The quantitative estimate of drug-likeness (QED) is 0.673. The number of benzene rings is 2. The van der Waals surface area contributed by atoms with Crippen molar-refractivity contribution in [2.75, 3.05) is 19.8 Å². The maximum Gasteiger partial charge on any atom is 0.251 e. The fraction of sp³-hybridized carbons (Fsp3) is 0.480. The first-order valence-electron chi connectivity index (χ1n) is 10.8. The molecule has 1 aliphatic heterocycles. The largest absolute Gasteiger partial charge is 0.493 e. The second-order valence-corrected chi connectivity index (χ2v) is 8.66. The molecule has 0 spiro atoms. The fourth-order valence-corrected chi connectivity index (χ4v) is 3.46. The number of hydrogen-bond acceptors (Lipinski definition) is 4. The lowest BCUT2D eigenvalue weighted by Gasteiger charge is -2.19. The van der Waals surface area contributed by atoms with E-state index in [4.69, 9.17) is 14.2 Å². The van der Waals surface area contributed by atoms with Gasteiger partial charge in [-0.2, -0.15) is 0 Å². The summed E-state index contributed by atoms with van der Waals surface area (Å²) in [5.74, 6) is 1.42. The standard InChI is InChI=1S/C25H33NO4/c1-5-28-23-13-8-18(24(27)26-16-22-7-6-14-29-22)15-19(23)17-30-21-11-9-20(10-12-21)25(2,3)4/h8-13,15,22H,5-7,14,16-17H2,1-4H3,(H,26,27). The van der Waals surface area contributed by atoms with Crippen molar-refractivity contribution >= 4 is 5.91 Å². The second kappa shape index (κ2) is 9.98. The number of rotatable bonds is 8. The van der Waals surface area contributed by atoms with Gasteiger partial charge >= 0.3 is 0 Å². The van der Waals surface area contributed by atoms with E-state index in [9.17, 15) is 4.79 Å². The lowest BCUT2D eigenvalue weighted by Crippen LogP contribution is -2.31. The van der Waals surface area contributed by atoms with Crippen molar-refractivity contribution in [3.63, 3.8) is 0 Å². The van der Waals surface area contributed by atoms with Gasteiger partial charge in [0.1, 0.15) is 18.1 Å².